The predicted molar refractivity (Wildman–Crippen MR) is 109 cm³/mol. The Kier molecular flexibility index (Phi) is 8.68. The molecule has 1 aromatic rings. The first-order chi connectivity index (χ1) is 12.6. The van der Waals surface area contributed by atoms with Crippen LogP contribution in [0.4, 0.5) is 10.1 Å². The van der Waals surface area contributed by atoms with Crippen LogP contribution in [-0.2, 0) is 0 Å². The zero-order valence-electron chi connectivity index (χ0n) is 16.5. The smallest absolute Gasteiger partial charge is 0.191 e. The quantitative estimate of drug-likeness (QED) is 0.551. The molecule has 0 bridgehead atoms. The minimum Gasteiger partial charge on any atom is -0.371 e. The molecule has 146 valence electrons. The summed E-state index contributed by atoms with van der Waals surface area (Å²) in [4.78, 5) is 8.94. The average Bonchev–Trinajstić information content (AvgIpc) is 2.66. The van der Waals surface area contributed by atoms with E-state index in [-0.39, 0.29) is 5.82 Å². The Morgan fingerprint density at radius 1 is 1.31 bits per heavy atom. The third-order valence-corrected chi connectivity index (χ3v) is 4.91. The number of guanidine groups is 1. The van der Waals surface area contributed by atoms with Gasteiger partial charge in [0.25, 0.3) is 0 Å². The number of unbranched alkanes of at least 4 members (excludes halogenated alkanes) is 1. The van der Waals surface area contributed by atoms with Crippen LogP contribution in [0, 0.1) is 5.82 Å². The summed E-state index contributed by atoms with van der Waals surface area (Å²) >= 11 is 0. The molecular weight excluding hydrogens is 329 g/mol. The van der Waals surface area contributed by atoms with Gasteiger partial charge >= 0.3 is 0 Å². The Morgan fingerprint density at radius 2 is 2.08 bits per heavy atom. The number of rotatable bonds is 8. The lowest BCUT2D eigenvalue weighted by Crippen LogP contribution is -2.49. The van der Waals surface area contributed by atoms with Crippen molar-refractivity contribution < 1.29 is 4.39 Å². The first kappa shape index (κ1) is 20.5. The standard InChI is InChI=1S/C20H34FN5/c1-4-5-12-25(3)15-11-23-20(22-2)24-18-9-13-26(14-10-18)19-8-6-7-17(21)16-19/h6-8,16,18H,4-5,9-15H2,1-3H3,(H2,22,23,24). The molecule has 0 atom stereocenters. The highest BCUT2D eigenvalue weighted by molar-refractivity contribution is 5.80. The molecule has 2 rings (SSSR count). The first-order valence-corrected chi connectivity index (χ1v) is 9.78. The zero-order chi connectivity index (χ0) is 18.8. The Hall–Kier alpha value is -1.82. The van der Waals surface area contributed by atoms with E-state index in [1.165, 1.54) is 18.9 Å². The van der Waals surface area contributed by atoms with Gasteiger partial charge in [-0.25, -0.2) is 4.39 Å². The highest BCUT2D eigenvalue weighted by atomic mass is 19.1. The molecule has 0 saturated carbocycles. The van der Waals surface area contributed by atoms with Crippen molar-refractivity contribution in [1.29, 1.82) is 0 Å². The molecule has 1 aliphatic rings. The minimum atomic E-state index is -0.170. The van der Waals surface area contributed by atoms with Crippen LogP contribution in [0.25, 0.3) is 0 Å². The molecule has 1 heterocycles. The van der Waals surface area contributed by atoms with Gasteiger partial charge in [-0.05, 0) is 51.1 Å². The number of nitrogens with one attached hydrogen (secondary N) is 2. The zero-order valence-corrected chi connectivity index (χ0v) is 16.5. The molecular formula is C20H34FN5. The van der Waals surface area contributed by atoms with Gasteiger partial charge in [0.2, 0.25) is 0 Å². The average molecular weight is 364 g/mol. The van der Waals surface area contributed by atoms with Crippen LogP contribution >= 0.6 is 0 Å². The lowest BCUT2D eigenvalue weighted by Gasteiger charge is -2.34. The fourth-order valence-corrected chi connectivity index (χ4v) is 3.25. The van der Waals surface area contributed by atoms with E-state index in [4.69, 9.17) is 0 Å². The van der Waals surface area contributed by atoms with E-state index in [2.05, 4.69) is 39.4 Å². The maximum Gasteiger partial charge on any atom is 0.191 e. The van der Waals surface area contributed by atoms with E-state index in [1.54, 1.807) is 12.1 Å². The molecule has 26 heavy (non-hydrogen) atoms. The molecule has 0 amide bonds. The van der Waals surface area contributed by atoms with Gasteiger partial charge in [-0.1, -0.05) is 19.4 Å². The molecule has 1 saturated heterocycles. The van der Waals surface area contributed by atoms with Gasteiger partial charge in [-0.3, -0.25) is 4.99 Å². The second kappa shape index (κ2) is 11.0. The van der Waals surface area contributed by atoms with Gasteiger partial charge in [0.1, 0.15) is 5.82 Å². The third kappa shape index (κ3) is 6.83. The lowest BCUT2D eigenvalue weighted by atomic mass is 10.0. The molecule has 0 aromatic heterocycles. The number of benzene rings is 1. The Bertz CT molecular complexity index is 555. The van der Waals surface area contributed by atoms with Crippen LogP contribution in [0.15, 0.2) is 29.3 Å². The maximum absolute atomic E-state index is 13.4. The fraction of sp³-hybridized carbons (Fsp3) is 0.650. The van der Waals surface area contributed by atoms with Crippen molar-refractivity contribution in [2.75, 3.05) is 51.7 Å². The van der Waals surface area contributed by atoms with Crippen molar-refractivity contribution in [2.24, 2.45) is 4.99 Å². The molecule has 0 spiro atoms. The van der Waals surface area contributed by atoms with Crippen LogP contribution in [0.1, 0.15) is 32.6 Å². The molecule has 1 aliphatic heterocycles. The normalized spacial score (nSPS) is 16.2. The second-order valence-electron chi connectivity index (χ2n) is 7.04. The molecule has 0 unspecified atom stereocenters. The van der Waals surface area contributed by atoms with Crippen LogP contribution in [0.5, 0.6) is 0 Å². The summed E-state index contributed by atoms with van der Waals surface area (Å²) in [5, 5.41) is 6.93. The predicted octanol–water partition coefficient (Wildman–Crippen LogP) is 2.69. The number of halogens is 1. The SMILES string of the molecule is CCCCN(C)CCNC(=NC)NC1CCN(c2cccc(F)c2)CC1. The largest absolute Gasteiger partial charge is 0.371 e. The first-order valence-electron chi connectivity index (χ1n) is 9.78. The van der Waals surface area contributed by atoms with E-state index < -0.39 is 0 Å². The topological polar surface area (TPSA) is 42.9 Å². The molecule has 0 aliphatic carbocycles. The summed E-state index contributed by atoms with van der Waals surface area (Å²) in [5.41, 5.74) is 0.973. The number of hydrogen-bond acceptors (Lipinski definition) is 3. The molecule has 0 radical (unpaired) electrons. The van der Waals surface area contributed by atoms with Crippen LogP contribution < -0.4 is 15.5 Å². The van der Waals surface area contributed by atoms with Crippen molar-refractivity contribution in [3.63, 3.8) is 0 Å². The molecule has 2 N–H and O–H groups in total. The molecule has 1 fully saturated rings. The number of hydrogen-bond donors (Lipinski definition) is 2. The van der Waals surface area contributed by atoms with Gasteiger partial charge in [-0.2, -0.15) is 0 Å². The summed E-state index contributed by atoms with van der Waals surface area (Å²) in [6.45, 7) is 7.12. The van der Waals surface area contributed by atoms with E-state index in [9.17, 15) is 4.39 Å². The van der Waals surface area contributed by atoms with Gasteiger partial charge in [0, 0.05) is 45.0 Å². The fourth-order valence-electron chi connectivity index (χ4n) is 3.25. The van der Waals surface area contributed by atoms with E-state index in [1.807, 2.05) is 13.1 Å². The van der Waals surface area contributed by atoms with E-state index >= 15 is 0 Å². The van der Waals surface area contributed by atoms with E-state index in [0.717, 1.165) is 57.2 Å². The number of piperidine rings is 1. The Balaban J connectivity index is 1.70. The monoisotopic (exact) mass is 363 g/mol. The van der Waals surface area contributed by atoms with Gasteiger partial charge in [0.05, 0.1) is 0 Å². The van der Waals surface area contributed by atoms with Crippen LogP contribution in [0.2, 0.25) is 0 Å². The maximum atomic E-state index is 13.4. The van der Waals surface area contributed by atoms with Crippen molar-refractivity contribution in [2.45, 2.75) is 38.6 Å². The second-order valence-corrected chi connectivity index (χ2v) is 7.04. The van der Waals surface area contributed by atoms with Crippen molar-refractivity contribution >= 4 is 11.6 Å². The number of anilines is 1. The Labute approximate surface area is 157 Å². The summed E-state index contributed by atoms with van der Waals surface area (Å²) < 4.78 is 13.4. The summed E-state index contributed by atoms with van der Waals surface area (Å²) in [6.07, 6.45) is 4.52. The number of nitrogens with zero attached hydrogens (tertiary/aromatic N) is 3. The van der Waals surface area contributed by atoms with Gasteiger partial charge in [-0.15, -0.1) is 0 Å². The summed E-state index contributed by atoms with van der Waals surface area (Å²) in [6, 6.07) is 7.27. The highest BCUT2D eigenvalue weighted by Gasteiger charge is 2.20. The van der Waals surface area contributed by atoms with Crippen molar-refractivity contribution in [3.05, 3.63) is 30.1 Å². The van der Waals surface area contributed by atoms with Crippen molar-refractivity contribution in [3.8, 4) is 0 Å². The summed E-state index contributed by atoms with van der Waals surface area (Å²) in [7, 11) is 3.98. The Morgan fingerprint density at radius 3 is 2.73 bits per heavy atom. The van der Waals surface area contributed by atoms with Gasteiger partial charge < -0.3 is 20.4 Å². The van der Waals surface area contributed by atoms with Crippen LogP contribution in [0.3, 0.4) is 0 Å². The molecule has 6 heteroatoms. The molecule has 5 nitrogen and oxygen atoms in total. The minimum absolute atomic E-state index is 0.170. The van der Waals surface area contributed by atoms with Crippen LogP contribution in [-0.4, -0.2) is 63.7 Å². The summed E-state index contributed by atoms with van der Waals surface area (Å²) in [5.74, 6) is 0.703. The van der Waals surface area contributed by atoms with Crippen molar-refractivity contribution in [1.82, 2.24) is 15.5 Å². The highest BCUT2D eigenvalue weighted by Crippen LogP contribution is 2.20. The number of likely N-dealkylation sites (N-methyl/N-ethyl adjacent to an activating group) is 1. The van der Waals surface area contributed by atoms with Gasteiger partial charge in [0.15, 0.2) is 5.96 Å². The lowest BCUT2D eigenvalue weighted by molar-refractivity contribution is 0.331. The molecule has 1 aromatic carbocycles. The third-order valence-electron chi connectivity index (χ3n) is 4.91. The van der Waals surface area contributed by atoms with E-state index in [0.29, 0.717) is 6.04 Å². The number of aliphatic imine (C=N–C) groups is 1.